The standard InChI is InChI=1S/C12H16N4OS/c1-16-7-9(6-13-16)11-8-18-12(15-11)14-10-2-4-17-5-3-10/h6-8,10H,2-5H2,1H3,(H,14,15). The summed E-state index contributed by atoms with van der Waals surface area (Å²) in [6.45, 7) is 1.69. The van der Waals surface area contributed by atoms with Crippen LogP contribution in [-0.4, -0.2) is 34.0 Å². The summed E-state index contributed by atoms with van der Waals surface area (Å²) < 4.78 is 7.14. The summed E-state index contributed by atoms with van der Waals surface area (Å²) in [5.74, 6) is 0. The van der Waals surface area contributed by atoms with Gasteiger partial charge in [-0.15, -0.1) is 11.3 Å². The Morgan fingerprint density at radius 2 is 2.28 bits per heavy atom. The number of nitrogens with one attached hydrogen (secondary N) is 1. The second kappa shape index (κ2) is 5.07. The van der Waals surface area contributed by atoms with E-state index in [0.29, 0.717) is 6.04 Å². The first-order valence-corrected chi connectivity index (χ1v) is 6.98. The van der Waals surface area contributed by atoms with Crippen LogP contribution in [0.5, 0.6) is 0 Å². The van der Waals surface area contributed by atoms with E-state index in [9.17, 15) is 0 Å². The molecule has 1 fully saturated rings. The highest BCUT2D eigenvalue weighted by atomic mass is 32.1. The number of hydrogen-bond donors (Lipinski definition) is 1. The van der Waals surface area contributed by atoms with Crippen molar-refractivity contribution in [2.24, 2.45) is 7.05 Å². The fourth-order valence-electron chi connectivity index (χ4n) is 2.04. The van der Waals surface area contributed by atoms with E-state index < -0.39 is 0 Å². The molecule has 0 saturated carbocycles. The lowest BCUT2D eigenvalue weighted by Crippen LogP contribution is -2.27. The summed E-state index contributed by atoms with van der Waals surface area (Å²) in [5.41, 5.74) is 2.05. The van der Waals surface area contributed by atoms with E-state index >= 15 is 0 Å². The minimum Gasteiger partial charge on any atom is -0.381 e. The van der Waals surface area contributed by atoms with Crippen LogP contribution in [0.25, 0.3) is 11.3 Å². The van der Waals surface area contributed by atoms with E-state index in [1.54, 1.807) is 16.0 Å². The lowest BCUT2D eigenvalue weighted by Gasteiger charge is -2.22. The maximum atomic E-state index is 5.35. The second-order valence-electron chi connectivity index (χ2n) is 4.47. The quantitative estimate of drug-likeness (QED) is 0.922. The molecule has 1 aliphatic rings. The molecule has 5 nitrogen and oxygen atoms in total. The number of thiazole rings is 1. The highest BCUT2D eigenvalue weighted by Gasteiger charge is 2.15. The van der Waals surface area contributed by atoms with Crippen LogP contribution in [0.3, 0.4) is 0 Å². The van der Waals surface area contributed by atoms with Crippen LogP contribution in [-0.2, 0) is 11.8 Å². The average molecular weight is 264 g/mol. The molecular formula is C12H16N4OS. The molecule has 1 aliphatic heterocycles. The molecule has 96 valence electrons. The molecule has 2 aromatic heterocycles. The van der Waals surface area contributed by atoms with Gasteiger partial charge in [0.2, 0.25) is 0 Å². The number of anilines is 1. The van der Waals surface area contributed by atoms with Crippen LogP contribution in [0.15, 0.2) is 17.8 Å². The van der Waals surface area contributed by atoms with Gasteiger partial charge in [0, 0.05) is 43.4 Å². The molecule has 0 unspecified atom stereocenters. The van der Waals surface area contributed by atoms with E-state index in [1.807, 2.05) is 19.4 Å². The number of nitrogens with zero attached hydrogens (tertiary/aromatic N) is 3. The van der Waals surface area contributed by atoms with Crippen molar-refractivity contribution in [3.63, 3.8) is 0 Å². The Balaban J connectivity index is 1.69. The molecule has 0 spiro atoms. The summed E-state index contributed by atoms with van der Waals surface area (Å²) in [6.07, 6.45) is 5.93. The minimum atomic E-state index is 0.492. The first-order chi connectivity index (χ1) is 8.81. The first-order valence-electron chi connectivity index (χ1n) is 6.10. The Morgan fingerprint density at radius 3 is 3.00 bits per heavy atom. The fourth-order valence-corrected chi connectivity index (χ4v) is 2.84. The molecular weight excluding hydrogens is 248 g/mol. The van der Waals surface area contributed by atoms with Crippen LogP contribution in [0, 0.1) is 0 Å². The van der Waals surface area contributed by atoms with E-state index in [1.165, 1.54) is 0 Å². The third-order valence-electron chi connectivity index (χ3n) is 3.05. The van der Waals surface area contributed by atoms with E-state index in [4.69, 9.17) is 4.74 Å². The van der Waals surface area contributed by atoms with Gasteiger partial charge in [0.25, 0.3) is 0 Å². The van der Waals surface area contributed by atoms with Crippen molar-refractivity contribution in [2.75, 3.05) is 18.5 Å². The Bertz CT molecular complexity index is 516. The summed E-state index contributed by atoms with van der Waals surface area (Å²) >= 11 is 1.65. The van der Waals surface area contributed by atoms with Crippen molar-refractivity contribution in [3.05, 3.63) is 17.8 Å². The molecule has 18 heavy (non-hydrogen) atoms. The fraction of sp³-hybridized carbons (Fsp3) is 0.500. The molecule has 0 aromatic carbocycles. The van der Waals surface area contributed by atoms with Gasteiger partial charge in [-0.05, 0) is 12.8 Å². The number of ether oxygens (including phenoxy) is 1. The summed E-state index contributed by atoms with van der Waals surface area (Å²) in [4.78, 5) is 4.60. The van der Waals surface area contributed by atoms with Gasteiger partial charge in [-0.1, -0.05) is 0 Å². The molecule has 3 rings (SSSR count). The Labute approximate surface area is 110 Å². The van der Waals surface area contributed by atoms with Gasteiger partial charge >= 0.3 is 0 Å². The molecule has 0 bridgehead atoms. The van der Waals surface area contributed by atoms with Crippen molar-refractivity contribution < 1.29 is 4.74 Å². The first kappa shape index (κ1) is 11.7. The summed E-state index contributed by atoms with van der Waals surface area (Å²) in [7, 11) is 1.91. The van der Waals surface area contributed by atoms with Gasteiger partial charge in [0.1, 0.15) is 0 Å². The molecule has 0 aliphatic carbocycles. The zero-order valence-electron chi connectivity index (χ0n) is 10.3. The number of rotatable bonds is 3. The lowest BCUT2D eigenvalue weighted by molar-refractivity contribution is 0.0904. The van der Waals surface area contributed by atoms with E-state index in [2.05, 4.69) is 20.8 Å². The van der Waals surface area contributed by atoms with Gasteiger partial charge < -0.3 is 10.1 Å². The predicted octanol–water partition coefficient (Wildman–Crippen LogP) is 2.13. The third kappa shape index (κ3) is 2.54. The monoisotopic (exact) mass is 264 g/mol. The molecule has 6 heteroatoms. The minimum absolute atomic E-state index is 0.492. The zero-order valence-corrected chi connectivity index (χ0v) is 11.1. The van der Waals surface area contributed by atoms with Crippen LogP contribution in [0.4, 0.5) is 5.13 Å². The summed E-state index contributed by atoms with van der Waals surface area (Å²) in [5, 5.41) is 10.7. The van der Waals surface area contributed by atoms with Gasteiger partial charge in [-0.3, -0.25) is 4.68 Å². The van der Waals surface area contributed by atoms with Crippen molar-refractivity contribution in [1.29, 1.82) is 0 Å². The van der Waals surface area contributed by atoms with Crippen LogP contribution < -0.4 is 5.32 Å². The Hall–Kier alpha value is -1.40. The number of hydrogen-bond acceptors (Lipinski definition) is 5. The second-order valence-corrected chi connectivity index (χ2v) is 5.33. The number of aryl methyl sites for hydroxylation is 1. The molecule has 1 N–H and O–H groups in total. The van der Waals surface area contributed by atoms with E-state index in [-0.39, 0.29) is 0 Å². The van der Waals surface area contributed by atoms with Crippen LogP contribution in [0.2, 0.25) is 0 Å². The van der Waals surface area contributed by atoms with Crippen molar-refractivity contribution in [2.45, 2.75) is 18.9 Å². The third-order valence-corrected chi connectivity index (χ3v) is 3.83. The van der Waals surface area contributed by atoms with Crippen LogP contribution in [0.1, 0.15) is 12.8 Å². The molecule has 0 atom stereocenters. The maximum absolute atomic E-state index is 5.35. The Morgan fingerprint density at radius 1 is 1.44 bits per heavy atom. The largest absolute Gasteiger partial charge is 0.381 e. The zero-order chi connectivity index (χ0) is 12.4. The Kier molecular flexibility index (Phi) is 3.29. The van der Waals surface area contributed by atoms with Crippen molar-refractivity contribution in [3.8, 4) is 11.3 Å². The lowest BCUT2D eigenvalue weighted by atomic mass is 10.1. The molecule has 0 radical (unpaired) electrons. The van der Waals surface area contributed by atoms with Crippen LogP contribution >= 0.6 is 11.3 Å². The maximum Gasteiger partial charge on any atom is 0.183 e. The average Bonchev–Trinajstić information content (AvgIpc) is 2.99. The van der Waals surface area contributed by atoms with Crippen molar-refractivity contribution >= 4 is 16.5 Å². The van der Waals surface area contributed by atoms with E-state index in [0.717, 1.165) is 42.4 Å². The van der Waals surface area contributed by atoms with Gasteiger partial charge in [0.15, 0.2) is 5.13 Å². The molecule has 3 heterocycles. The normalized spacial score (nSPS) is 16.9. The van der Waals surface area contributed by atoms with Gasteiger partial charge in [-0.25, -0.2) is 4.98 Å². The highest BCUT2D eigenvalue weighted by Crippen LogP contribution is 2.25. The van der Waals surface area contributed by atoms with Crippen molar-refractivity contribution in [1.82, 2.24) is 14.8 Å². The molecule has 1 saturated heterocycles. The number of aromatic nitrogens is 3. The molecule has 0 amide bonds. The predicted molar refractivity (Wildman–Crippen MR) is 71.8 cm³/mol. The topological polar surface area (TPSA) is 52.0 Å². The molecule has 2 aromatic rings. The SMILES string of the molecule is Cn1cc(-c2csc(NC3CCOCC3)n2)cn1. The van der Waals surface area contributed by atoms with Gasteiger partial charge in [0.05, 0.1) is 11.9 Å². The van der Waals surface area contributed by atoms with Gasteiger partial charge in [-0.2, -0.15) is 5.10 Å². The smallest absolute Gasteiger partial charge is 0.183 e. The highest BCUT2D eigenvalue weighted by molar-refractivity contribution is 7.14. The summed E-state index contributed by atoms with van der Waals surface area (Å²) in [6, 6.07) is 0.492.